The van der Waals surface area contributed by atoms with Gasteiger partial charge in [-0.2, -0.15) is 0 Å². The SMILES string of the molecule is COCC12CN(C(=O)OC(C)(C)C)C(CO)(C1)C2. The molecule has 1 saturated carbocycles. The fourth-order valence-electron chi connectivity index (χ4n) is 3.38. The van der Waals surface area contributed by atoms with Gasteiger partial charge in [0, 0.05) is 19.1 Å². The summed E-state index contributed by atoms with van der Waals surface area (Å²) < 4.78 is 10.6. The zero-order valence-corrected chi connectivity index (χ0v) is 11.7. The van der Waals surface area contributed by atoms with Crippen molar-refractivity contribution in [3.05, 3.63) is 0 Å². The average Bonchev–Trinajstić information content (AvgIpc) is 2.66. The molecule has 2 saturated heterocycles. The van der Waals surface area contributed by atoms with Crippen molar-refractivity contribution in [1.29, 1.82) is 0 Å². The predicted molar refractivity (Wildman–Crippen MR) is 66.3 cm³/mol. The van der Waals surface area contributed by atoms with Crippen molar-refractivity contribution in [2.45, 2.75) is 44.8 Å². The topological polar surface area (TPSA) is 59.0 Å². The van der Waals surface area contributed by atoms with Crippen LogP contribution < -0.4 is 0 Å². The third kappa shape index (κ3) is 2.10. The number of aliphatic hydroxyl groups is 1. The van der Waals surface area contributed by atoms with Crippen LogP contribution in [0.1, 0.15) is 33.6 Å². The molecule has 104 valence electrons. The van der Waals surface area contributed by atoms with Gasteiger partial charge >= 0.3 is 6.09 Å². The number of aliphatic hydroxyl groups excluding tert-OH is 1. The molecule has 0 radical (unpaired) electrons. The van der Waals surface area contributed by atoms with Gasteiger partial charge in [0.1, 0.15) is 5.60 Å². The van der Waals surface area contributed by atoms with Gasteiger partial charge in [0.05, 0.1) is 18.8 Å². The maximum Gasteiger partial charge on any atom is 0.410 e. The van der Waals surface area contributed by atoms with Gasteiger partial charge < -0.3 is 14.6 Å². The molecule has 3 rings (SSSR count). The van der Waals surface area contributed by atoms with Gasteiger partial charge in [0.2, 0.25) is 0 Å². The first-order valence-electron chi connectivity index (χ1n) is 6.36. The highest BCUT2D eigenvalue weighted by atomic mass is 16.6. The molecule has 5 heteroatoms. The van der Waals surface area contributed by atoms with E-state index < -0.39 is 11.1 Å². The number of amides is 1. The van der Waals surface area contributed by atoms with Crippen molar-refractivity contribution in [2.75, 3.05) is 26.9 Å². The fourth-order valence-corrected chi connectivity index (χ4v) is 3.38. The van der Waals surface area contributed by atoms with Crippen molar-refractivity contribution in [1.82, 2.24) is 4.90 Å². The summed E-state index contributed by atoms with van der Waals surface area (Å²) in [6.07, 6.45) is 1.29. The van der Waals surface area contributed by atoms with Crippen LogP contribution in [0.2, 0.25) is 0 Å². The van der Waals surface area contributed by atoms with Crippen LogP contribution in [0.25, 0.3) is 0 Å². The van der Waals surface area contributed by atoms with E-state index >= 15 is 0 Å². The van der Waals surface area contributed by atoms with E-state index in [0.717, 1.165) is 12.8 Å². The Balaban J connectivity index is 2.08. The molecule has 2 bridgehead atoms. The Morgan fingerprint density at radius 3 is 2.44 bits per heavy atom. The second-order valence-electron chi connectivity index (χ2n) is 6.74. The Hall–Kier alpha value is -0.810. The first kappa shape index (κ1) is 13.6. The number of fused-ring (bicyclic) bond motifs is 1. The minimum atomic E-state index is -0.505. The Kier molecular flexibility index (Phi) is 3.10. The van der Waals surface area contributed by atoms with Crippen LogP contribution in [0.5, 0.6) is 0 Å². The molecule has 0 unspecified atom stereocenters. The lowest BCUT2D eigenvalue weighted by Gasteiger charge is -2.46. The second-order valence-corrected chi connectivity index (χ2v) is 6.74. The molecule has 0 aromatic carbocycles. The van der Waals surface area contributed by atoms with E-state index in [1.54, 1.807) is 12.0 Å². The molecule has 1 aliphatic carbocycles. The van der Waals surface area contributed by atoms with Crippen LogP contribution in [0, 0.1) is 5.41 Å². The molecular formula is C13H23NO4. The van der Waals surface area contributed by atoms with Crippen LogP contribution in [-0.4, -0.2) is 54.1 Å². The van der Waals surface area contributed by atoms with Gasteiger partial charge in [-0.1, -0.05) is 0 Å². The molecule has 0 aromatic rings. The maximum absolute atomic E-state index is 12.2. The zero-order chi connectivity index (χ0) is 13.6. The number of nitrogens with zero attached hydrogens (tertiary/aromatic N) is 1. The van der Waals surface area contributed by atoms with Crippen molar-refractivity contribution in [3.63, 3.8) is 0 Å². The van der Waals surface area contributed by atoms with Crippen molar-refractivity contribution in [3.8, 4) is 0 Å². The molecule has 0 aromatic heterocycles. The van der Waals surface area contributed by atoms with Gasteiger partial charge in [-0.25, -0.2) is 4.79 Å². The van der Waals surface area contributed by atoms with E-state index in [9.17, 15) is 9.90 Å². The summed E-state index contributed by atoms with van der Waals surface area (Å²) in [6.45, 7) is 6.80. The van der Waals surface area contributed by atoms with Gasteiger partial charge in [-0.3, -0.25) is 4.90 Å². The van der Waals surface area contributed by atoms with Gasteiger partial charge in [0.15, 0.2) is 0 Å². The number of carbonyl (C=O) groups excluding carboxylic acids is 1. The predicted octanol–water partition coefficient (Wildman–Crippen LogP) is 1.39. The highest BCUT2D eigenvalue weighted by Gasteiger charge is 2.67. The third-order valence-corrected chi connectivity index (χ3v) is 3.83. The Bertz CT molecular complexity index is 341. The quantitative estimate of drug-likeness (QED) is 0.830. The minimum absolute atomic E-state index is 0.00227. The van der Waals surface area contributed by atoms with E-state index in [0.29, 0.717) is 13.2 Å². The molecule has 5 nitrogen and oxygen atoms in total. The zero-order valence-electron chi connectivity index (χ0n) is 11.7. The van der Waals surface area contributed by atoms with Crippen LogP contribution >= 0.6 is 0 Å². The normalized spacial score (nSPS) is 34.4. The Morgan fingerprint density at radius 2 is 2.00 bits per heavy atom. The average molecular weight is 257 g/mol. The summed E-state index contributed by atoms with van der Waals surface area (Å²) in [6, 6.07) is 0. The van der Waals surface area contributed by atoms with Gasteiger partial charge in [-0.05, 0) is 33.6 Å². The Labute approximate surface area is 108 Å². The van der Waals surface area contributed by atoms with Crippen LogP contribution in [-0.2, 0) is 9.47 Å². The molecular weight excluding hydrogens is 234 g/mol. The lowest BCUT2D eigenvalue weighted by Crippen LogP contribution is -2.55. The van der Waals surface area contributed by atoms with E-state index in [2.05, 4.69) is 0 Å². The van der Waals surface area contributed by atoms with Crippen molar-refractivity contribution < 1.29 is 19.4 Å². The summed E-state index contributed by atoms with van der Waals surface area (Å²) in [5.41, 5.74) is -0.898. The monoisotopic (exact) mass is 257 g/mol. The number of hydrogen-bond acceptors (Lipinski definition) is 4. The summed E-state index contributed by atoms with van der Waals surface area (Å²) in [7, 11) is 1.67. The summed E-state index contributed by atoms with van der Waals surface area (Å²) >= 11 is 0. The van der Waals surface area contributed by atoms with E-state index in [-0.39, 0.29) is 18.1 Å². The first-order valence-corrected chi connectivity index (χ1v) is 6.36. The molecule has 1 N–H and O–H groups in total. The number of carbonyl (C=O) groups is 1. The summed E-state index contributed by atoms with van der Waals surface area (Å²) in [5.74, 6) is 0. The molecule has 0 spiro atoms. The largest absolute Gasteiger partial charge is 0.444 e. The number of ether oxygens (including phenoxy) is 2. The van der Waals surface area contributed by atoms with Crippen LogP contribution in [0.15, 0.2) is 0 Å². The van der Waals surface area contributed by atoms with E-state index in [1.807, 2.05) is 20.8 Å². The molecule has 1 amide bonds. The van der Waals surface area contributed by atoms with Gasteiger partial charge in [-0.15, -0.1) is 0 Å². The second kappa shape index (κ2) is 4.10. The molecule has 3 fully saturated rings. The van der Waals surface area contributed by atoms with Gasteiger partial charge in [0.25, 0.3) is 0 Å². The van der Waals surface area contributed by atoms with Crippen molar-refractivity contribution in [2.24, 2.45) is 5.41 Å². The van der Waals surface area contributed by atoms with Crippen LogP contribution in [0.3, 0.4) is 0 Å². The fraction of sp³-hybridized carbons (Fsp3) is 0.923. The minimum Gasteiger partial charge on any atom is -0.444 e. The van der Waals surface area contributed by atoms with E-state index in [4.69, 9.17) is 9.47 Å². The third-order valence-electron chi connectivity index (χ3n) is 3.83. The number of methoxy groups -OCH3 is 1. The lowest BCUT2D eigenvalue weighted by molar-refractivity contribution is -0.0357. The highest BCUT2D eigenvalue weighted by molar-refractivity contribution is 5.71. The molecule has 18 heavy (non-hydrogen) atoms. The highest BCUT2D eigenvalue weighted by Crippen LogP contribution is 2.59. The molecule has 2 heterocycles. The smallest absolute Gasteiger partial charge is 0.410 e. The lowest BCUT2D eigenvalue weighted by atomic mass is 9.62. The van der Waals surface area contributed by atoms with E-state index in [1.165, 1.54) is 0 Å². The molecule has 3 aliphatic rings. The first-order chi connectivity index (χ1) is 8.26. The summed E-state index contributed by atoms with van der Waals surface area (Å²) in [5, 5.41) is 9.57. The maximum atomic E-state index is 12.2. The molecule has 0 atom stereocenters. The van der Waals surface area contributed by atoms with Crippen LogP contribution in [0.4, 0.5) is 4.79 Å². The number of rotatable bonds is 3. The van der Waals surface area contributed by atoms with Crippen molar-refractivity contribution >= 4 is 6.09 Å². The molecule has 2 aliphatic heterocycles. The summed E-state index contributed by atoms with van der Waals surface area (Å²) in [4.78, 5) is 13.9. The Morgan fingerprint density at radius 1 is 1.39 bits per heavy atom. The number of hydrogen-bond donors (Lipinski definition) is 1. The standard InChI is InChI=1S/C13H23NO4/c1-11(2,3)18-10(16)14-7-12(9-17-4)5-13(14,6-12)8-15/h15H,5-9H2,1-4H3.